The number of carbonyl (C=O) groups excluding carboxylic acids is 1. The van der Waals surface area contributed by atoms with Gasteiger partial charge in [0, 0.05) is 18.0 Å². The minimum atomic E-state index is -0.577. The fourth-order valence-electron chi connectivity index (χ4n) is 3.90. The summed E-state index contributed by atoms with van der Waals surface area (Å²) in [6.07, 6.45) is 2.41. The first kappa shape index (κ1) is 22.6. The Kier molecular flexibility index (Phi) is 6.15. The Balaban J connectivity index is 1.87. The molecule has 0 spiro atoms. The SMILES string of the molecule is CC(C)(C)OC(=O)NCCn1c(NN)nc2sc3c(c2c1=O)CCC(C(C)(C)C)C3. The fraction of sp³-hybridized carbons (Fsp3) is 0.667. The molecule has 0 aromatic carbocycles. The Morgan fingerprint density at radius 1 is 1.30 bits per heavy atom. The standard InChI is InChI=1S/C21H33N5O3S/c1-20(2,3)12-7-8-13-14(11-12)30-16-15(13)17(27)26(18(24-16)25-22)10-9-23-19(28)29-21(4,5)6/h12H,7-11,22H2,1-6H3,(H,23,28)(H,24,25). The van der Waals surface area contributed by atoms with E-state index in [1.807, 2.05) is 0 Å². The Hall–Kier alpha value is -2.13. The van der Waals surface area contributed by atoms with E-state index in [1.165, 1.54) is 9.44 Å². The molecule has 4 N–H and O–H groups in total. The molecule has 166 valence electrons. The zero-order valence-electron chi connectivity index (χ0n) is 18.7. The molecule has 0 radical (unpaired) electrons. The number of fused-ring (bicyclic) bond motifs is 3. The van der Waals surface area contributed by atoms with Crippen LogP contribution in [0.25, 0.3) is 10.2 Å². The number of hydrazine groups is 1. The van der Waals surface area contributed by atoms with Crippen LogP contribution in [0.3, 0.4) is 0 Å². The van der Waals surface area contributed by atoms with Crippen molar-refractivity contribution in [1.29, 1.82) is 0 Å². The van der Waals surface area contributed by atoms with Crippen molar-refractivity contribution in [1.82, 2.24) is 14.9 Å². The number of hydrogen-bond acceptors (Lipinski definition) is 7. The van der Waals surface area contributed by atoms with Crippen molar-refractivity contribution in [2.24, 2.45) is 17.2 Å². The number of hydrogen-bond donors (Lipinski definition) is 3. The van der Waals surface area contributed by atoms with Crippen LogP contribution in [0.15, 0.2) is 4.79 Å². The first-order valence-electron chi connectivity index (χ1n) is 10.4. The molecule has 0 saturated heterocycles. The summed E-state index contributed by atoms with van der Waals surface area (Å²) in [5.41, 5.74) is 3.20. The summed E-state index contributed by atoms with van der Waals surface area (Å²) in [6, 6.07) is 0. The monoisotopic (exact) mass is 435 g/mol. The lowest BCUT2D eigenvalue weighted by Crippen LogP contribution is -2.36. The van der Waals surface area contributed by atoms with Gasteiger partial charge in [0.15, 0.2) is 0 Å². The van der Waals surface area contributed by atoms with Gasteiger partial charge in [-0.2, -0.15) is 0 Å². The normalized spacial score (nSPS) is 17.0. The van der Waals surface area contributed by atoms with E-state index >= 15 is 0 Å². The number of nitrogens with two attached hydrogens (primary N) is 1. The maximum absolute atomic E-state index is 13.3. The molecule has 1 aliphatic carbocycles. The maximum atomic E-state index is 13.3. The predicted octanol–water partition coefficient (Wildman–Crippen LogP) is 3.42. The van der Waals surface area contributed by atoms with Crippen molar-refractivity contribution in [3.63, 3.8) is 0 Å². The number of nitrogen functional groups attached to an aromatic ring is 1. The van der Waals surface area contributed by atoms with Crippen molar-refractivity contribution in [3.8, 4) is 0 Å². The van der Waals surface area contributed by atoms with Gasteiger partial charge in [-0.1, -0.05) is 20.8 Å². The third-order valence-electron chi connectivity index (χ3n) is 5.53. The van der Waals surface area contributed by atoms with E-state index in [9.17, 15) is 9.59 Å². The highest BCUT2D eigenvalue weighted by Crippen LogP contribution is 2.42. The van der Waals surface area contributed by atoms with E-state index in [4.69, 9.17) is 10.6 Å². The summed E-state index contributed by atoms with van der Waals surface area (Å²) in [7, 11) is 0. The summed E-state index contributed by atoms with van der Waals surface area (Å²) in [4.78, 5) is 31.8. The second kappa shape index (κ2) is 8.19. The second-order valence-electron chi connectivity index (χ2n) is 9.95. The number of nitrogens with zero attached hydrogens (tertiary/aromatic N) is 2. The van der Waals surface area contributed by atoms with E-state index in [2.05, 4.69) is 36.5 Å². The molecule has 1 unspecified atom stereocenters. The van der Waals surface area contributed by atoms with Crippen LogP contribution in [-0.4, -0.2) is 27.8 Å². The summed E-state index contributed by atoms with van der Waals surface area (Å²) in [5, 5.41) is 3.37. The minimum Gasteiger partial charge on any atom is -0.444 e. The van der Waals surface area contributed by atoms with Gasteiger partial charge < -0.3 is 10.1 Å². The van der Waals surface area contributed by atoms with Crippen molar-refractivity contribution in [2.45, 2.75) is 73.0 Å². The van der Waals surface area contributed by atoms with Crippen LogP contribution in [0.2, 0.25) is 0 Å². The number of amides is 1. The van der Waals surface area contributed by atoms with Gasteiger partial charge in [-0.3, -0.25) is 14.8 Å². The van der Waals surface area contributed by atoms with Gasteiger partial charge >= 0.3 is 6.09 Å². The van der Waals surface area contributed by atoms with E-state index in [-0.39, 0.29) is 24.1 Å². The molecule has 0 saturated carbocycles. The molecule has 9 heteroatoms. The van der Waals surface area contributed by atoms with Crippen LogP contribution in [0, 0.1) is 11.3 Å². The van der Waals surface area contributed by atoms with Crippen LogP contribution in [0.1, 0.15) is 58.4 Å². The van der Waals surface area contributed by atoms with Gasteiger partial charge in [0.05, 0.1) is 5.39 Å². The van der Waals surface area contributed by atoms with Crippen LogP contribution in [0.4, 0.5) is 10.7 Å². The van der Waals surface area contributed by atoms with Gasteiger partial charge in [0.1, 0.15) is 10.4 Å². The minimum absolute atomic E-state index is 0.120. The van der Waals surface area contributed by atoms with Gasteiger partial charge in [0.25, 0.3) is 5.56 Å². The third-order valence-corrected chi connectivity index (χ3v) is 6.67. The number of carbonyl (C=O) groups is 1. The number of rotatable bonds is 4. The highest BCUT2D eigenvalue weighted by atomic mass is 32.1. The molecule has 0 bridgehead atoms. The van der Waals surface area contributed by atoms with Gasteiger partial charge in [-0.05, 0) is 56.9 Å². The average molecular weight is 436 g/mol. The number of nitrogens with one attached hydrogen (secondary N) is 2. The molecule has 0 fully saturated rings. The highest BCUT2D eigenvalue weighted by molar-refractivity contribution is 7.18. The quantitative estimate of drug-likeness (QED) is 0.501. The number of aromatic nitrogens is 2. The Morgan fingerprint density at radius 3 is 2.60 bits per heavy atom. The van der Waals surface area contributed by atoms with Gasteiger partial charge in [-0.15, -0.1) is 11.3 Å². The van der Waals surface area contributed by atoms with Crippen molar-refractivity contribution in [3.05, 3.63) is 20.8 Å². The van der Waals surface area contributed by atoms with Crippen molar-refractivity contribution in [2.75, 3.05) is 12.0 Å². The van der Waals surface area contributed by atoms with E-state index < -0.39 is 11.7 Å². The largest absolute Gasteiger partial charge is 0.444 e. The van der Waals surface area contributed by atoms with Gasteiger partial charge in [-0.25, -0.2) is 15.6 Å². The zero-order valence-corrected chi connectivity index (χ0v) is 19.5. The predicted molar refractivity (Wildman–Crippen MR) is 121 cm³/mol. The lowest BCUT2D eigenvalue weighted by Gasteiger charge is -2.33. The molecule has 2 heterocycles. The zero-order chi connectivity index (χ0) is 22.3. The Morgan fingerprint density at radius 2 is 2.00 bits per heavy atom. The first-order valence-corrected chi connectivity index (χ1v) is 11.2. The first-order chi connectivity index (χ1) is 13.9. The van der Waals surface area contributed by atoms with Crippen LogP contribution in [0.5, 0.6) is 0 Å². The fourth-order valence-corrected chi connectivity index (χ4v) is 5.19. The summed E-state index contributed by atoms with van der Waals surface area (Å²) in [6.45, 7) is 12.7. The molecule has 0 aliphatic heterocycles. The lowest BCUT2D eigenvalue weighted by atomic mass is 9.72. The van der Waals surface area contributed by atoms with E-state index in [0.717, 1.165) is 29.7 Å². The molecule has 30 heavy (non-hydrogen) atoms. The Labute approximate surface area is 181 Å². The average Bonchev–Trinajstić information content (AvgIpc) is 2.98. The molecule has 1 amide bonds. The summed E-state index contributed by atoms with van der Waals surface area (Å²) < 4.78 is 6.73. The van der Waals surface area contributed by atoms with Crippen LogP contribution in [-0.2, 0) is 24.1 Å². The third kappa shape index (κ3) is 4.78. The lowest BCUT2D eigenvalue weighted by molar-refractivity contribution is 0.0526. The topological polar surface area (TPSA) is 111 Å². The number of alkyl carbamates (subject to hydrolysis) is 1. The van der Waals surface area contributed by atoms with Crippen molar-refractivity contribution >= 4 is 33.6 Å². The number of ether oxygens (including phenoxy) is 1. The second-order valence-corrected chi connectivity index (χ2v) is 11.0. The van der Waals surface area contributed by atoms with Gasteiger partial charge in [0.2, 0.25) is 5.95 Å². The Bertz CT molecular complexity index is 997. The summed E-state index contributed by atoms with van der Waals surface area (Å²) in [5.74, 6) is 6.53. The summed E-state index contributed by atoms with van der Waals surface area (Å²) >= 11 is 1.60. The molecule has 2 aromatic rings. The van der Waals surface area contributed by atoms with E-state index in [0.29, 0.717) is 17.3 Å². The van der Waals surface area contributed by atoms with Crippen LogP contribution < -0.4 is 22.1 Å². The van der Waals surface area contributed by atoms with Crippen LogP contribution >= 0.6 is 11.3 Å². The smallest absolute Gasteiger partial charge is 0.407 e. The molecule has 3 rings (SSSR count). The van der Waals surface area contributed by atoms with Crippen molar-refractivity contribution < 1.29 is 9.53 Å². The molecular formula is C21H33N5O3S. The molecular weight excluding hydrogens is 402 g/mol. The highest BCUT2D eigenvalue weighted by Gasteiger charge is 2.32. The number of anilines is 1. The number of aryl methyl sites for hydroxylation is 1. The van der Waals surface area contributed by atoms with E-state index in [1.54, 1.807) is 32.1 Å². The molecule has 1 atom stereocenters. The molecule has 8 nitrogen and oxygen atoms in total. The molecule has 1 aliphatic rings. The maximum Gasteiger partial charge on any atom is 0.407 e. The number of thiophene rings is 1. The molecule has 2 aromatic heterocycles.